The zero-order valence-electron chi connectivity index (χ0n) is 10.2. The Morgan fingerprint density at radius 2 is 1.88 bits per heavy atom. The first-order valence-electron chi connectivity index (χ1n) is 6.07. The van der Waals surface area contributed by atoms with Crippen molar-refractivity contribution in [2.24, 2.45) is 17.6 Å². The van der Waals surface area contributed by atoms with Crippen molar-refractivity contribution in [3.63, 3.8) is 0 Å². The second-order valence-corrected chi connectivity index (χ2v) is 5.28. The smallest absolute Gasteiger partial charge is 0.0438 e. The van der Waals surface area contributed by atoms with Gasteiger partial charge in [-0.05, 0) is 42.9 Å². The van der Waals surface area contributed by atoms with Gasteiger partial charge in [-0.3, -0.25) is 0 Å². The Labute approximate surface area is 104 Å². The van der Waals surface area contributed by atoms with Crippen LogP contribution in [-0.2, 0) is 6.42 Å². The summed E-state index contributed by atoms with van der Waals surface area (Å²) in [6, 6.07) is 8.06. The van der Waals surface area contributed by atoms with Crippen LogP contribution in [0.2, 0.25) is 5.02 Å². The summed E-state index contributed by atoms with van der Waals surface area (Å²) in [5.41, 5.74) is 7.04. The summed E-state index contributed by atoms with van der Waals surface area (Å²) in [6.07, 6.45) is 3.44. The van der Waals surface area contributed by atoms with Gasteiger partial charge in [0.2, 0.25) is 0 Å². The summed E-state index contributed by atoms with van der Waals surface area (Å²) in [5, 5.41) is 0.866. The largest absolute Gasteiger partial charge is 0.330 e. The molecule has 1 rings (SSSR count). The average Bonchev–Trinajstić information content (AvgIpc) is 2.26. The Hall–Kier alpha value is -0.530. The van der Waals surface area contributed by atoms with Gasteiger partial charge >= 0.3 is 0 Å². The van der Waals surface area contributed by atoms with Gasteiger partial charge in [-0.15, -0.1) is 0 Å². The molecule has 0 saturated heterocycles. The first kappa shape index (κ1) is 13.5. The van der Waals surface area contributed by atoms with Crippen molar-refractivity contribution in [2.75, 3.05) is 6.54 Å². The zero-order chi connectivity index (χ0) is 12.0. The molecule has 1 aromatic carbocycles. The molecule has 1 aromatic rings. The highest BCUT2D eigenvalue weighted by Gasteiger charge is 2.10. The number of hydrogen-bond donors (Lipinski definition) is 1. The van der Waals surface area contributed by atoms with Crippen molar-refractivity contribution < 1.29 is 0 Å². The molecular weight excluding hydrogens is 218 g/mol. The van der Waals surface area contributed by atoms with E-state index in [0.717, 1.165) is 23.9 Å². The normalized spacial score (nSPS) is 13.1. The molecule has 0 fully saturated rings. The van der Waals surface area contributed by atoms with E-state index in [2.05, 4.69) is 19.9 Å². The molecule has 16 heavy (non-hydrogen) atoms. The van der Waals surface area contributed by atoms with Crippen molar-refractivity contribution in [1.29, 1.82) is 0 Å². The fourth-order valence-corrected chi connectivity index (χ4v) is 2.06. The maximum Gasteiger partial charge on any atom is 0.0438 e. The van der Waals surface area contributed by atoms with E-state index >= 15 is 0 Å². The molecule has 0 aliphatic heterocycles. The highest BCUT2D eigenvalue weighted by molar-refractivity contribution is 6.31. The number of benzene rings is 1. The van der Waals surface area contributed by atoms with Gasteiger partial charge in [0, 0.05) is 5.02 Å². The monoisotopic (exact) mass is 239 g/mol. The van der Waals surface area contributed by atoms with Gasteiger partial charge in [0.15, 0.2) is 0 Å². The lowest BCUT2D eigenvalue weighted by Crippen LogP contribution is -2.17. The Kier molecular flexibility index (Phi) is 5.86. The summed E-state index contributed by atoms with van der Waals surface area (Å²) < 4.78 is 0. The van der Waals surface area contributed by atoms with Crippen molar-refractivity contribution >= 4 is 11.6 Å². The van der Waals surface area contributed by atoms with Crippen molar-refractivity contribution in [3.8, 4) is 0 Å². The molecule has 1 unspecified atom stereocenters. The van der Waals surface area contributed by atoms with Gasteiger partial charge in [0.25, 0.3) is 0 Å². The second-order valence-electron chi connectivity index (χ2n) is 4.87. The summed E-state index contributed by atoms with van der Waals surface area (Å²) >= 11 is 6.15. The molecule has 2 heteroatoms. The van der Waals surface area contributed by atoms with Crippen LogP contribution in [0.25, 0.3) is 0 Å². The predicted molar refractivity (Wildman–Crippen MR) is 71.8 cm³/mol. The minimum absolute atomic E-state index is 0.558. The van der Waals surface area contributed by atoms with Crippen LogP contribution in [-0.4, -0.2) is 6.54 Å². The van der Waals surface area contributed by atoms with Crippen LogP contribution in [0.3, 0.4) is 0 Å². The Morgan fingerprint density at radius 3 is 2.44 bits per heavy atom. The molecule has 0 amide bonds. The third-order valence-corrected chi connectivity index (χ3v) is 3.32. The molecule has 0 saturated carbocycles. The van der Waals surface area contributed by atoms with Crippen LogP contribution >= 0.6 is 11.6 Å². The van der Waals surface area contributed by atoms with Gasteiger partial charge in [0.05, 0.1) is 0 Å². The maximum atomic E-state index is 6.15. The maximum absolute atomic E-state index is 6.15. The quantitative estimate of drug-likeness (QED) is 0.801. The molecule has 0 aliphatic rings. The van der Waals surface area contributed by atoms with E-state index in [1.54, 1.807) is 0 Å². The van der Waals surface area contributed by atoms with Gasteiger partial charge in [-0.25, -0.2) is 0 Å². The third kappa shape index (κ3) is 4.54. The van der Waals surface area contributed by atoms with E-state index in [-0.39, 0.29) is 0 Å². The van der Waals surface area contributed by atoms with Crippen molar-refractivity contribution in [3.05, 3.63) is 34.9 Å². The Bertz CT molecular complexity index is 309. The highest BCUT2D eigenvalue weighted by atomic mass is 35.5. The summed E-state index contributed by atoms with van der Waals surface area (Å²) in [5.74, 6) is 1.31. The van der Waals surface area contributed by atoms with Gasteiger partial charge in [-0.1, -0.05) is 50.1 Å². The van der Waals surface area contributed by atoms with Crippen LogP contribution in [0.15, 0.2) is 24.3 Å². The Morgan fingerprint density at radius 1 is 1.19 bits per heavy atom. The number of halogens is 1. The van der Waals surface area contributed by atoms with Crippen LogP contribution in [0.4, 0.5) is 0 Å². The number of nitrogens with two attached hydrogens (primary N) is 1. The lowest BCUT2D eigenvalue weighted by molar-refractivity contribution is 0.428. The molecule has 0 heterocycles. The molecule has 0 aromatic heterocycles. The van der Waals surface area contributed by atoms with Crippen molar-refractivity contribution in [1.82, 2.24) is 0 Å². The minimum atomic E-state index is 0.558. The zero-order valence-corrected chi connectivity index (χ0v) is 11.0. The third-order valence-electron chi connectivity index (χ3n) is 2.95. The lowest BCUT2D eigenvalue weighted by atomic mass is 9.92. The molecule has 0 radical (unpaired) electrons. The average molecular weight is 240 g/mol. The fourth-order valence-electron chi connectivity index (χ4n) is 1.85. The molecule has 90 valence electrons. The summed E-state index contributed by atoms with van der Waals surface area (Å²) in [6.45, 7) is 5.25. The molecule has 0 aliphatic carbocycles. The van der Waals surface area contributed by atoms with Gasteiger partial charge in [-0.2, -0.15) is 0 Å². The fraction of sp³-hybridized carbons (Fsp3) is 0.571. The molecule has 0 spiro atoms. The topological polar surface area (TPSA) is 26.0 Å². The highest BCUT2D eigenvalue weighted by Crippen LogP contribution is 2.21. The standard InChI is InChI=1S/C14H22ClN/c1-11(2)7-8-12(10-16)9-13-5-3-4-6-14(13)15/h3-6,11-12H,7-10,16H2,1-2H3. The van der Waals surface area contributed by atoms with Gasteiger partial charge < -0.3 is 5.73 Å². The van der Waals surface area contributed by atoms with Crippen LogP contribution in [0.1, 0.15) is 32.3 Å². The van der Waals surface area contributed by atoms with Gasteiger partial charge in [0.1, 0.15) is 0 Å². The molecule has 1 atom stereocenters. The van der Waals surface area contributed by atoms with Crippen molar-refractivity contribution in [2.45, 2.75) is 33.1 Å². The van der Waals surface area contributed by atoms with E-state index < -0.39 is 0 Å². The van der Waals surface area contributed by atoms with Crippen LogP contribution < -0.4 is 5.73 Å². The molecule has 2 N–H and O–H groups in total. The van der Waals surface area contributed by atoms with E-state index in [0.29, 0.717) is 5.92 Å². The first-order valence-corrected chi connectivity index (χ1v) is 6.44. The van der Waals surface area contributed by atoms with E-state index in [9.17, 15) is 0 Å². The summed E-state index contributed by atoms with van der Waals surface area (Å²) in [4.78, 5) is 0. The lowest BCUT2D eigenvalue weighted by Gasteiger charge is -2.16. The second kappa shape index (κ2) is 6.93. The van der Waals surface area contributed by atoms with E-state index in [1.807, 2.05) is 18.2 Å². The number of rotatable bonds is 6. The molecule has 0 bridgehead atoms. The van der Waals surface area contributed by atoms with Crippen LogP contribution in [0, 0.1) is 11.8 Å². The first-order chi connectivity index (χ1) is 7.63. The minimum Gasteiger partial charge on any atom is -0.330 e. The molecule has 1 nitrogen and oxygen atoms in total. The van der Waals surface area contributed by atoms with E-state index in [4.69, 9.17) is 17.3 Å². The SMILES string of the molecule is CC(C)CCC(CN)Cc1ccccc1Cl. The summed E-state index contributed by atoms with van der Waals surface area (Å²) in [7, 11) is 0. The van der Waals surface area contributed by atoms with E-state index in [1.165, 1.54) is 18.4 Å². The number of hydrogen-bond acceptors (Lipinski definition) is 1. The Balaban J connectivity index is 2.53. The van der Waals surface area contributed by atoms with Crippen LogP contribution in [0.5, 0.6) is 0 Å². The predicted octanol–water partition coefficient (Wildman–Crippen LogP) is 3.89. The molecular formula is C14H22ClN.